The van der Waals surface area contributed by atoms with Crippen molar-refractivity contribution in [3.05, 3.63) is 59.7 Å². The zero-order chi connectivity index (χ0) is 18.7. The number of aliphatic carboxylic acids is 2. The molecule has 0 aromatic heterocycles. The van der Waals surface area contributed by atoms with Crippen LogP contribution in [0.15, 0.2) is 48.5 Å². The van der Waals surface area contributed by atoms with Crippen LogP contribution in [0, 0.1) is 0 Å². The largest absolute Gasteiger partial charge is 0.508 e. The molecule has 2 aromatic carbocycles. The van der Waals surface area contributed by atoms with E-state index in [0.29, 0.717) is 0 Å². The number of hydrogen-bond donors (Lipinski definition) is 4. The van der Waals surface area contributed by atoms with Gasteiger partial charge in [0.05, 0.1) is 0 Å². The fourth-order valence-corrected chi connectivity index (χ4v) is 1.81. The molecule has 2 rings (SSSR count). The summed E-state index contributed by atoms with van der Waals surface area (Å²) in [6.45, 7) is 4.17. The summed E-state index contributed by atoms with van der Waals surface area (Å²) in [5.74, 6) is -1.21. The standard InChI is InChI=1S/C14H14O2.2C2H4O2/c1-10(11-5-3-2-4-6-11)13-9-12(15)7-8-14(13)16;2*1-2(3)4/h2-10,15-16H,1H3;2*1H3,(H,3,4). The number of benzene rings is 2. The van der Waals surface area contributed by atoms with Crippen molar-refractivity contribution in [3.8, 4) is 11.5 Å². The van der Waals surface area contributed by atoms with Crippen LogP contribution in [0.4, 0.5) is 0 Å². The number of phenols is 2. The van der Waals surface area contributed by atoms with Gasteiger partial charge in [-0.3, -0.25) is 9.59 Å². The lowest BCUT2D eigenvalue weighted by atomic mass is 9.92. The minimum atomic E-state index is -0.833. The molecule has 0 amide bonds. The minimum Gasteiger partial charge on any atom is -0.508 e. The van der Waals surface area contributed by atoms with Crippen LogP contribution in [-0.2, 0) is 9.59 Å². The second-order valence-electron chi connectivity index (χ2n) is 4.91. The first-order chi connectivity index (χ1) is 11.1. The highest BCUT2D eigenvalue weighted by Gasteiger charge is 2.12. The molecule has 0 fully saturated rings. The number of phenolic OH excluding ortho intramolecular Hbond substituents is 2. The van der Waals surface area contributed by atoms with Gasteiger partial charge < -0.3 is 20.4 Å². The molecule has 0 saturated carbocycles. The van der Waals surface area contributed by atoms with Crippen molar-refractivity contribution in [2.24, 2.45) is 0 Å². The third-order valence-electron chi connectivity index (χ3n) is 2.78. The van der Waals surface area contributed by atoms with E-state index in [1.165, 1.54) is 12.1 Å². The number of carboxylic acid groups (broad SMARTS) is 2. The molecule has 0 aliphatic carbocycles. The third kappa shape index (κ3) is 9.09. The molecule has 130 valence electrons. The first kappa shape index (κ1) is 21.0. The van der Waals surface area contributed by atoms with Gasteiger partial charge in [-0.05, 0) is 23.8 Å². The van der Waals surface area contributed by atoms with Crippen molar-refractivity contribution in [1.29, 1.82) is 0 Å². The van der Waals surface area contributed by atoms with Gasteiger partial charge >= 0.3 is 0 Å². The molecule has 6 nitrogen and oxygen atoms in total. The fraction of sp³-hybridized carbons (Fsp3) is 0.222. The van der Waals surface area contributed by atoms with Crippen LogP contribution in [0.1, 0.15) is 37.8 Å². The predicted octanol–water partition coefficient (Wildman–Crippen LogP) is 3.43. The first-order valence-corrected chi connectivity index (χ1v) is 7.11. The van der Waals surface area contributed by atoms with Gasteiger partial charge in [0, 0.05) is 25.3 Å². The Bertz CT molecular complexity index is 632. The van der Waals surface area contributed by atoms with Crippen LogP contribution in [0.25, 0.3) is 0 Å². The molecule has 0 saturated heterocycles. The number of aromatic hydroxyl groups is 2. The van der Waals surface area contributed by atoms with Crippen molar-refractivity contribution in [1.82, 2.24) is 0 Å². The minimum absolute atomic E-state index is 0.0632. The average molecular weight is 334 g/mol. The number of carboxylic acids is 2. The Labute approximate surface area is 140 Å². The molecule has 0 bridgehead atoms. The summed E-state index contributed by atoms with van der Waals surface area (Å²) in [7, 11) is 0. The smallest absolute Gasteiger partial charge is 0.300 e. The maximum Gasteiger partial charge on any atom is 0.300 e. The predicted molar refractivity (Wildman–Crippen MR) is 90.4 cm³/mol. The molecule has 0 radical (unpaired) electrons. The van der Waals surface area contributed by atoms with E-state index >= 15 is 0 Å². The molecule has 1 unspecified atom stereocenters. The zero-order valence-electron chi connectivity index (χ0n) is 13.8. The normalized spacial score (nSPS) is 10.3. The van der Waals surface area contributed by atoms with Crippen molar-refractivity contribution in [3.63, 3.8) is 0 Å². The van der Waals surface area contributed by atoms with Gasteiger partial charge in [-0.1, -0.05) is 37.3 Å². The van der Waals surface area contributed by atoms with Crippen LogP contribution in [-0.4, -0.2) is 32.4 Å². The molecule has 6 heteroatoms. The van der Waals surface area contributed by atoms with Gasteiger partial charge in [-0.2, -0.15) is 0 Å². The van der Waals surface area contributed by atoms with Crippen LogP contribution in [0.2, 0.25) is 0 Å². The average Bonchev–Trinajstić information content (AvgIpc) is 2.49. The Morgan fingerprint density at radius 2 is 1.33 bits per heavy atom. The van der Waals surface area contributed by atoms with E-state index in [9.17, 15) is 10.2 Å². The van der Waals surface area contributed by atoms with E-state index in [1.807, 2.05) is 37.3 Å². The second kappa shape index (κ2) is 10.7. The highest BCUT2D eigenvalue weighted by atomic mass is 16.4. The highest BCUT2D eigenvalue weighted by molar-refractivity contribution is 5.63. The summed E-state index contributed by atoms with van der Waals surface area (Å²) in [5.41, 5.74) is 1.86. The Kier molecular flexibility index (Phi) is 9.32. The van der Waals surface area contributed by atoms with Gasteiger partial charge in [0.15, 0.2) is 0 Å². The molecule has 0 spiro atoms. The molecule has 4 N–H and O–H groups in total. The van der Waals surface area contributed by atoms with Crippen molar-refractivity contribution in [2.75, 3.05) is 0 Å². The van der Waals surface area contributed by atoms with Crippen LogP contribution < -0.4 is 0 Å². The van der Waals surface area contributed by atoms with E-state index in [2.05, 4.69) is 0 Å². The maximum absolute atomic E-state index is 9.76. The Morgan fingerprint density at radius 3 is 1.79 bits per heavy atom. The molecule has 24 heavy (non-hydrogen) atoms. The zero-order valence-corrected chi connectivity index (χ0v) is 13.8. The first-order valence-electron chi connectivity index (χ1n) is 7.11. The van der Waals surface area contributed by atoms with Crippen molar-refractivity contribution < 1.29 is 30.0 Å². The SMILES string of the molecule is CC(=O)O.CC(=O)O.CC(c1ccccc1)c1cc(O)ccc1O. The molecular weight excluding hydrogens is 312 g/mol. The molecule has 0 heterocycles. The van der Waals surface area contributed by atoms with Gasteiger partial charge in [-0.15, -0.1) is 0 Å². The molecule has 2 aromatic rings. The number of rotatable bonds is 2. The Hall–Kier alpha value is -3.02. The number of carbonyl (C=O) groups is 2. The number of hydrogen-bond acceptors (Lipinski definition) is 4. The van der Waals surface area contributed by atoms with Crippen LogP contribution >= 0.6 is 0 Å². The molecule has 1 atom stereocenters. The van der Waals surface area contributed by atoms with Gasteiger partial charge in [0.1, 0.15) is 11.5 Å². The van der Waals surface area contributed by atoms with Gasteiger partial charge in [0.2, 0.25) is 0 Å². The third-order valence-corrected chi connectivity index (χ3v) is 2.78. The summed E-state index contributed by atoms with van der Waals surface area (Å²) in [5, 5.41) is 34.0. The van der Waals surface area contributed by atoms with E-state index in [1.54, 1.807) is 6.07 Å². The molecular formula is C18H22O6. The lowest BCUT2D eigenvalue weighted by molar-refractivity contribution is -0.135. The van der Waals surface area contributed by atoms with Gasteiger partial charge in [-0.25, -0.2) is 0 Å². The summed E-state index contributed by atoms with van der Waals surface area (Å²) >= 11 is 0. The molecule has 0 aliphatic rings. The Balaban J connectivity index is 0.000000558. The fourth-order valence-electron chi connectivity index (χ4n) is 1.81. The highest BCUT2D eigenvalue weighted by Crippen LogP contribution is 2.33. The second-order valence-corrected chi connectivity index (χ2v) is 4.91. The summed E-state index contributed by atoms with van der Waals surface area (Å²) < 4.78 is 0. The summed E-state index contributed by atoms with van der Waals surface area (Å²) in [6, 6.07) is 14.5. The molecule has 0 aliphatic heterocycles. The summed E-state index contributed by atoms with van der Waals surface area (Å²) in [4.78, 5) is 18.0. The lowest BCUT2D eigenvalue weighted by Crippen LogP contribution is -1.95. The van der Waals surface area contributed by atoms with Crippen molar-refractivity contribution in [2.45, 2.75) is 26.7 Å². The van der Waals surface area contributed by atoms with E-state index in [0.717, 1.165) is 25.0 Å². The van der Waals surface area contributed by atoms with E-state index < -0.39 is 11.9 Å². The monoisotopic (exact) mass is 334 g/mol. The van der Waals surface area contributed by atoms with Gasteiger partial charge in [0.25, 0.3) is 11.9 Å². The Morgan fingerprint density at radius 1 is 0.875 bits per heavy atom. The summed E-state index contributed by atoms with van der Waals surface area (Å²) in [6.07, 6.45) is 0. The van der Waals surface area contributed by atoms with E-state index in [4.69, 9.17) is 19.8 Å². The van der Waals surface area contributed by atoms with Crippen LogP contribution in [0.3, 0.4) is 0 Å². The topological polar surface area (TPSA) is 115 Å². The van der Waals surface area contributed by atoms with Crippen molar-refractivity contribution >= 4 is 11.9 Å². The maximum atomic E-state index is 9.76. The van der Waals surface area contributed by atoms with E-state index in [-0.39, 0.29) is 17.4 Å². The quantitative estimate of drug-likeness (QED) is 0.625. The van der Waals surface area contributed by atoms with Crippen LogP contribution in [0.5, 0.6) is 11.5 Å². The lowest BCUT2D eigenvalue weighted by Gasteiger charge is -2.14.